The lowest BCUT2D eigenvalue weighted by Crippen LogP contribution is -1.97. The van der Waals surface area contributed by atoms with Crippen LogP contribution < -0.4 is 0 Å². The number of hydrogen-bond donors (Lipinski definition) is 0. The average molecular weight is 215 g/mol. The van der Waals surface area contributed by atoms with E-state index in [1.165, 1.54) is 0 Å². The van der Waals surface area contributed by atoms with Crippen LogP contribution in [0.3, 0.4) is 0 Å². The summed E-state index contributed by atoms with van der Waals surface area (Å²) in [5.41, 5.74) is 7.91. The maximum absolute atomic E-state index is 12.7. The molecule has 0 saturated carbocycles. The Morgan fingerprint density at radius 1 is 1.50 bits per heavy atom. The van der Waals surface area contributed by atoms with Crippen molar-refractivity contribution in [1.29, 1.82) is 0 Å². The van der Waals surface area contributed by atoms with Gasteiger partial charge in [0.2, 0.25) is 0 Å². The third-order valence-electron chi connectivity index (χ3n) is 1.47. The van der Waals surface area contributed by atoms with Gasteiger partial charge in [-0.15, -0.1) is 0 Å². The Morgan fingerprint density at radius 3 is 2.64 bits per heavy atom. The third-order valence-corrected chi connectivity index (χ3v) is 2.62. The summed E-state index contributed by atoms with van der Waals surface area (Å²) in [5, 5.41) is 3.10. The lowest BCUT2D eigenvalue weighted by Gasteiger charge is -2.01. The van der Waals surface area contributed by atoms with Crippen LogP contribution >= 0.6 is 0 Å². The monoisotopic (exact) mass is 215 g/mol. The topological polar surface area (TPSA) is 82.9 Å². The van der Waals surface area contributed by atoms with Crippen molar-refractivity contribution < 1.29 is 12.8 Å². The molecule has 0 heterocycles. The van der Waals surface area contributed by atoms with Crippen LogP contribution in [0, 0.1) is 5.82 Å². The predicted molar refractivity (Wildman–Crippen MR) is 48.3 cm³/mol. The molecule has 1 aromatic carbocycles. The van der Waals surface area contributed by atoms with Crippen molar-refractivity contribution in [1.82, 2.24) is 0 Å². The van der Waals surface area contributed by atoms with Gasteiger partial charge in [0, 0.05) is 11.2 Å². The molecule has 0 fully saturated rings. The molecule has 74 valence electrons. The Kier molecular flexibility index (Phi) is 2.73. The molecule has 0 aliphatic rings. The van der Waals surface area contributed by atoms with Crippen molar-refractivity contribution in [3.05, 3.63) is 34.5 Å². The summed E-state index contributed by atoms with van der Waals surface area (Å²) in [4.78, 5) is 2.23. The maximum Gasteiger partial charge on any atom is 0.175 e. The summed E-state index contributed by atoms with van der Waals surface area (Å²) in [6.07, 6.45) is 0.955. The van der Waals surface area contributed by atoms with Gasteiger partial charge >= 0.3 is 0 Å². The third kappa shape index (κ3) is 2.21. The molecule has 0 atom stereocenters. The number of nitrogens with zero attached hydrogens (tertiary/aromatic N) is 3. The molecule has 5 nitrogen and oxygen atoms in total. The summed E-state index contributed by atoms with van der Waals surface area (Å²) in [6, 6.07) is 2.93. The van der Waals surface area contributed by atoms with Crippen LogP contribution in [0.5, 0.6) is 0 Å². The van der Waals surface area contributed by atoms with Crippen molar-refractivity contribution in [3.8, 4) is 0 Å². The van der Waals surface area contributed by atoms with Gasteiger partial charge in [-0.05, 0) is 23.7 Å². The summed E-state index contributed by atoms with van der Waals surface area (Å²) in [5.74, 6) is -0.653. The van der Waals surface area contributed by atoms with Gasteiger partial charge in [-0.2, -0.15) is 0 Å². The quantitative estimate of drug-likeness (QED) is 0.328. The van der Waals surface area contributed by atoms with Crippen LogP contribution in [0.2, 0.25) is 0 Å². The first-order valence-corrected chi connectivity index (χ1v) is 5.39. The fourth-order valence-corrected chi connectivity index (χ4v) is 1.73. The maximum atomic E-state index is 12.7. The Morgan fingerprint density at radius 2 is 2.14 bits per heavy atom. The number of sulfone groups is 1. The highest BCUT2D eigenvalue weighted by molar-refractivity contribution is 7.90. The molecule has 0 aromatic heterocycles. The van der Waals surface area contributed by atoms with Gasteiger partial charge < -0.3 is 0 Å². The SMILES string of the molecule is CS(=O)(=O)c1ccc(F)cc1N=[N+]=[N-]. The highest BCUT2D eigenvalue weighted by atomic mass is 32.2. The number of halogens is 1. The Bertz CT molecular complexity index is 506. The van der Waals surface area contributed by atoms with Crippen molar-refractivity contribution in [2.45, 2.75) is 4.90 Å². The number of benzene rings is 1. The first-order valence-electron chi connectivity index (χ1n) is 3.50. The van der Waals surface area contributed by atoms with Gasteiger partial charge in [0.25, 0.3) is 0 Å². The Balaban J connectivity index is 3.52. The molecule has 1 aromatic rings. The van der Waals surface area contributed by atoms with E-state index >= 15 is 0 Å². The number of azide groups is 1. The zero-order valence-electron chi connectivity index (χ0n) is 7.18. The summed E-state index contributed by atoms with van der Waals surface area (Å²) in [6.45, 7) is 0. The zero-order chi connectivity index (χ0) is 10.8. The lowest BCUT2D eigenvalue weighted by molar-refractivity contribution is 0.600. The van der Waals surface area contributed by atoms with Gasteiger partial charge in [-0.1, -0.05) is 5.11 Å². The van der Waals surface area contributed by atoms with Crippen molar-refractivity contribution in [2.75, 3.05) is 6.26 Å². The Hall–Kier alpha value is -1.59. The molecule has 0 unspecified atom stereocenters. The van der Waals surface area contributed by atoms with E-state index < -0.39 is 15.7 Å². The van der Waals surface area contributed by atoms with Crippen molar-refractivity contribution >= 4 is 15.5 Å². The molecule has 14 heavy (non-hydrogen) atoms. The van der Waals surface area contributed by atoms with Crippen LogP contribution in [-0.4, -0.2) is 14.7 Å². The molecule has 0 amide bonds. The highest BCUT2D eigenvalue weighted by Gasteiger charge is 2.12. The Labute approximate surface area is 79.7 Å². The molecule has 0 spiro atoms. The molecule has 1 rings (SSSR count). The first-order chi connectivity index (χ1) is 6.45. The van der Waals surface area contributed by atoms with Gasteiger partial charge in [0.05, 0.1) is 10.6 Å². The van der Waals surface area contributed by atoms with Crippen LogP contribution in [0.4, 0.5) is 10.1 Å². The minimum absolute atomic E-state index is 0.184. The second kappa shape index (κ2) is 3.65. The van der Waals surface area contributed by atoms with E-state index in [0.29, 0.717) is 0 Å². The summed E-state index contributed by atoms with van der Waals surface area (Å²) in [7, 11) is -3.50. The first kappa shape index (κ1) is 10.5. The molecule has 0 bridgehead atoms. The highest BCUT2D eigenvalue weighted by Crippen LogP contribution is 2.25. The second-order valence-corrected chi connectivity index (χ2v) is 4.56. The minimum Gasteiger partial charge on any atom is -0.224 e. The molecule has 0 aliphatic heterocycles. The molecular formula is C7H6FN3O2S. The minimum atomic E-state index is -3.50. The van der Waals surface area contributed by atoms with E-state index in [-0.39, 0.29) is 10.6 Å². The van der Waals surface area contributed by atoms with E-state index in [1.807, 2.05) is 0 Å². The average Bonchev–Trinajstić information content (AvgIpc) is 2.02. The van der Waals surface area contributed by atoms with Crippen molar-refractivity contribution in [2.24, 2.45) is 5.11 Å². The van der Waals surface area contributed by atoms with Crippen LogP contribution in [0.1, 0.15) is 0 Å². The standard InChI is InChI=1S/C7H6FN3O2S/c1-14(12,13)7-3-2-5(8)4-6(7)10-11-9/h2-4H,1H3. The molecule has 0 N–H and O–H groups in total. The largest absolute Gasteiger partial charge is 0.224 e. The normalized spacial score (nSPS) is 10.7. The van der Waals surface area contributed by atoms with E-state index in [9.17, 15) is 12.8 Å². The van der Waals surface area contributed by atoms with Crippen molar-refractivity contribution in [3.63, 3.8) is 0 Å². The lowest BCUT2D eigenvalue weighted by atomic mass is 10.3. The molecule has 0 aliphatic carbocycles. The van der Waals surface area contributed by atoms with E-state index in [0.717, 1.165) is 24.5 Å². The fraction of sp³-hybridized carbons (Fsp3) is 0.143. The van der Waals surface area contributed by atoms with Gasteiger partial charge in [-0.25, -0.2) is 12.8 Å². The molecule has 0 radical (unpaired) electrons. The van der Waals surface area contributed by atoms with Crippen LogP contribution in [0.15, 0.2) is 28.2 Å². The molecular weight excluding hydrogens is 209 g/mol. The van der Waals surface area contributed by atoms with Crippen LogP contribution in [-0.2, 0) is 9.84 Å². The van der Waals surface area contributed by atoms with Gasteiger partial charge in [0.15, 0.2) is 9.84 Å². The second-order valence-electron chi connectivity index (χ2n) is 2.57. The fourth-order valence-electron chi connectivity index (χ4n) is 0.930. The molecule has 7 heteroatoms. The van der Waals surface area contributed by atoms with E-state index in [1.54, 1.807) is 0 Å². The summed E-state index contributed by atoms with van der Waals surface area (Å²) < 4.78 is 34.9. The molecule has 0 saturated heterocycles. The van der Waals surface area contributed by atoms with Gasteiger partial charge in [0.1, 0.15) is 5.82 Å². The summed E-state index contributed by atoms with van der Waals surface area (Å²) >= 11 is 0. The number of rotatable bonds is 2. The van der Waals surface area contributed by atoms with Gasteiger partial charge in [-0.3, -0.25) is 0 Å². The van der Waals surface area contributed by atoms with Crippen LogP contribution in [0.25, 0.3) is 10.4 Å². The van der Waals surface area contributed by atoms with E-state index in [4.69, 9.17) is 5.53 Å². The van der Waals surface area contributed by atoms with E-state index in [2.05, 4.69) is 10.0 Å². The zero-order valence-corrected chi connectivity index (χ0v) is 7.99. The predicted octanol–water partition coefficient (Wildman–Crippen LogP) is 2.17. The smallest absolute Gasteiger partial charge is 0.175 e. The number of hydrogen-bond acceptors (Lipinski definition) is 3.